The van der Waals surface area contributed by atoms with E-state index in [4.69, 9.17) is 0 Å². The van der Waals surface area contributed by atoms with E-state index in [0.717, 1.165) is 6.42 Å². The van der Waals surface area contributed by atoms with Crippen molar-refractivity contribution in [1.82, 2.24) is 9.97 Å². The minimum absolute atomic E-state index is 0.0490. The Labute approximate surface area is 117 Å². The smallest absolute Gasteiger partial charge is 0.270 e. The summed E-state index contributed by atoms with van der Waals surface area (Å²) in [6.07, 6.45) is 2.43. The molecule has 0 bridgehead atoms. The van der Waals surface area contributed by atoms with Gasteiger partial charge >= 0.3 is 0 Å². The Balaban J connectivity index is 2.46. The zero-order valence-electron chi connectivity index (χ0n) is 11.8. The lowest BCUT2D eigenvalue weighted by atomic mass is 10.0. The number of nitro groups is 1. The van der Waals surface area contributed by atoms with E-state index in [2.05, 4.69) is 36.1 Å². The first-order valence-corrected chi connectivity index (χ1v) is 6.68. The molecule has 6 nitrogen and oxygen atoms in total. The topological polar surface area (TPSA) is 81.0 Å². The van der Waals surface area contributed by atoms with Crippen LogP contribution in [0.5, 0.6) is 0 Å². The molecule has 1 N–H and O–H groups in total. The maximum absolute atomic E-state index is 10.9. The fraction of sp³-hybridized carbons (Fsp3) is 0.429. The van der Waals surface area contributed by atoms with E-state index in [1.54, 1.807) is 6.07 Å². The largest absolute Gasteiger partial charge is 0.366 e. The van der Waals surface area contributed by atoms with Gasteiger partial charge in [-0.2, -0.15) is 0 Å². The maximum Gasteiger partial charge on any atom is 0.270 e. The van der Waals surface area contributed by atoms with Gasteiger partial charge in [0.15, 0.2) is 0 Å². The average molecular weight is 274 g/mol. The predicted molar refractivity (Wildman–Crippen MR) is 78.7 cm³/mol. The number of nitrogens with zero attached hydrogens (tertiary/aromatic N) is 3. The van der Waals surface area contributed by atoms with Crippen LogP contribution in [-0.2, 0) is 0 Å². The third-order valence-electron chi connectivity index (χ3n) is 3.40. The second-order valence-corrected chi connectivity index (χ2v) is 5.08. The van der Waals surface area contributed by atoms with Gasteiger partial charge in [0.25, 0.3) is 5.69 Å². The van der Waals surface area contributed by atoms with Crippen LogP contribution in [0.2, 0.25) is 0 Å². The average Bonchev–Trinajstić information content (AvgIpc) is 2.43. The zero-order chi connectivity index (χ0) is 14.7. The molecule has 0 spiro atoms. The Kier molecular flexibility index (Phi) is 4.12. The van der Waals surface area contributed by atoms with Gasteiger partial charge < -0.3 is 5.32 Å². The molecule has 0 fully saturated rings. The molecule has 0 amide bonds. The van der Waals surface area contributed by atoms with Gasteiger partial charge in [-0.25, -0.2) is 9.97 Å². The molecule has 6 heteroatoms. The molecule has 2 aromatic rings. The van der Waals surface area contributed by atoms with Crippen molar-refractivity contribution in [2.24, 2.45) is 5.92 Å². The van der Waals surface area contributed by atoms with Gasteiger partial charge in [0.1, 0.15) is 12.1 Å². The lowest BCUT2D eigenvalue weighted by Crippen LogP contribution is -2.25. The zero-order valence-corrected chi connectivity index (χ0v) is 11.8. The van der Waals surface area contributed by atoms with E-state index >= 15 is 0 Å². The minimum atomic E-state index is -0.407. The Morgan fingerprint density at radius 2 is 2.10 bits per heavy atom. The normalized spacial score (nSPS) is 12.6. The number of non-ortho nitro benzene ring substituents is 1. The molecule has 1 aromatic heterocycles. The first kappa shape index (κ1) is 14.2. The van der Waals surface area contributed by atoms with Crippen LogP contribution in [-0.4, -0.2) is 20.9 Å². The van der Waals surface area contributed by atoms with Gasteiger partial charge in [0, 0.05) is 23.6 Å². The summed E-state index contributed by atoms with van der Waals surface area (Å²) in [5.41, 5.74) is 0.750. The Morgan fingerprint density at radius 1 is 1.35 bits per heavy atom. The highest BCUT2D eigenvalue weighted by Gasteiger charge is 2.15. The predicted octanol–water partition coefficient (Wildman–Crippen LogP) is 3.38. The van der Waals surface area contributed by atoms with Crippen LogP contribution in [0.1, 0.15) is 27.2 Å². The number of nitrogens with one attached hydrogen (secondary N) is 1. The van der Waals surface area contributed by atoms with Gasteiger partial charge in [-0.05, 0) is 18.4 Å². The molecule has 20 heavy (non-hydrogen) atoms. The van der Waals surface area contributed by atoms with E-state index in [-0.39, 0.29) is 11.7 Å². The summed E-state index contributed by atoms with van der Waals surface area (Å²) in [6.45, 7) is 6.36. The summed E-state index contributed by atoms with van der Waals surface area (Å²) in [4.78, 5) is 18.9. The molecule has 1 heterocycles. The summed E-state index contributed by atoms with van der Waals surface area (Å²) >= 11 is 0. The number of benzene rings is 1. The van der Waals surface area contributed by atoms with Crippen LogP contribution in [0.3, 0.4) is 0 Å². The fourth-order valence-corrected chi connectivity index (χ4v) is 2.19. The van der Waals surface area contributed by atoms with Crippen LogP contribution in [0.15, 0.2) is 24.5 Å². The highest BCUT2D eigenvalue weighted by molar-refractivity contribution is 5.90. The molecular formula is C14H18N4O2. The lowest BCUT2D eigenvalue weighted by Gasteiger charge is -2.21. The van der Waals surface area contributed by atoms with Gasteiger partial charge in [-0.1, -0.05) is 20.8 Å². The van der Waals surface area contributed by atoms with E-state index in [1.165, 1.54) is 18.5 Å². The molecule has 0 aliphatic rings. The third kappa shape index (κ3) is 2.84. The molecule has 0 radical (unpaired) electrons. The summed E-state index contributed by atoms with van der Waals surface area (Å²) < 4.78 is 0. The number of fused-ring (bicyclic) bond motifs is 1. The summed E-state index contributed by atoms with van der Waals surface area (Å²) in [5, 5.41) is 14.9. The van der Waals surface area contributed by atoms with Crippen molar-refractivity contribution in [2.75, 3.05) is 5.32 Å². The molecule has 106 valence electrons. The van der Waals surface area contributed by atoms with Crippen LogP contribution < -0.4 is 5.32 Å². The number of nitro benzene ring substituents is 1. The maximum atomic E-state index is 10.9. The van der Waals surface area contributed by atoms with Crippen LogP contribution >= 0.6 is 0 Å². The van der Waals surface area contributed by atoms with Gasteiger partial charge in [-0.3, -0.25) is 10.1 Å². The SMILES string of the molecule is CCC(Nc1ncnc2ccc([N+](=O)[O-])cc12)C(C)C. The number of aromatic nitrogens is 2. The van der Waals surface area contributed by atoms with Crippen LogP contribution in [0.4, 0.5) is 11.5 Å². The van der Waals surface area contributed by atoms with E-state index in [1.807, 2.05) is 0 Å². The Hall–Kier alpha value is -2.24. The molecular weight excluding hydrogens is 256 g/mol. The standard InChI is InChI=1S/C14H18N4O2/c1-4-12(9(2)3)17-14-11-7-10(18(19)20)5-6-13(11)15-8-16-14/h5-9,12H,4H2,1-3H3,(H,15,16,17). The Morgan fingerprint density at radius 3 is 2.70 bits per heavy atom. The van der Waals surface area contributed by atoms with Crippen molar-refractivity contribution in [3.05, 3.63) is 34.6 Å². The molecule has 0 aliphatic heterocycles. The second kappa shape index (κ2) is 5.81. The summed E-state index contributed by atoms with van der Waals surface area (Å²) in [7, 11) is 0. The Bertz CT molecular complexity index is 628. The highest BCUT2D eigenvalue weighted by atomic mass is 16.6. The first-order valence-electron chi connectivity index (χ1n) is 6.68. The number of anilines is 1. The lowest BCUT2D eigenvalue weighted by molar-refractivity contribution is -0.384. The molecule has 1 atom stereocenters. The monoisotopic (exact) mass is 274 g/mol. The van der Waals surface area contributed by atoms with Crippen LogP contribution in [0.25, 0.3) is 10.9 Å². The van der Waals surface area contributed by atoms with Gasteiger partial charge in [0.2, 0.25) is 0 Å². The van der Waals surface area contributed by atoms with Crippen molar-refractivity contribution >= 4 is 22.4 Å². The van der Waals surface area contributed by atoms with Crippen LogP contribution in [0, 0.1) is 16.0 Å². The van der Waals surface area contributed by atoms with Crippen molar-refractivity contribution in [3.8, 4) is 0 Å². The molecule has 0 saturated carbocycles. The number of hydrogen-bond acceptors (Lipinski definition) is 5. The highest BCUT2D eigenvalue weighted by Crippen LogP contribution is 2.25. The van der Waals surface area contributed by atoms with Crippen molar-refractivity contribution < 1.29 is 4.92 Å². The van der Waals surface area contributed by atoms with Crippen molar-refractivity contribution in [2.45, 2.75) is 33.2 Å². The van der Waals surface area contributed by atoms with E-state index < -0.39 is 4.92 Å². The molecule has 0 aliphatic carbocycles. The van der Waals surface area contributed by atoms with Gasteiger partial charge in [0.05, 0.1) is 10.4 Å². The molecule has 2 rings (SSSR count). The molecule has 0 saturated heterocycles. The first-order chi connectivity index (χ1) is 9.52. The third-order valence-corrected chi connectivity index (χ3v) is 3.40. The van der Waals surface area contributed by atoms with E-state index in [9.17, 15) is 10.1 Å². The van der Waals surface area contributed by atoms with Crippen molar-refractivity contribution in [1.29, 1.82) is 0 Å². The van der Waals surface area contributed by atoms with Crippen molar-refractivity contribution in [3.63, 3.8) is 0 Å². The molecule has 1 unspecified atom stereocenters. The summed E-state index contributed by atoms with van der Waals surface area (Å²) in [6, 6.07) is 4.90. The number of rotatable bonds is 5. The van der Waals surface area contributed by atoms with E-state index in [0.29, 0.717) is 22.6 Å². The number of hydrogen-bond donors (Lipinski definition) is 1. The van der Waals surface area contributed by atoms with Gasteiger partial charge in [-0.15, -0.1) is 0 Å². The minimum Gasteiger partial charge on any atom is -0.366 e. The fourth-order valence-electron chi connectivity index (χ4n) is 2.19. The summed E-state index contributed by atoms with van der Waals surface area (Å²) in [5.74, 6) is 1.10. The molecule has 1 aromatic carbocycles. The second-order valence-electron chi connectivity index (χ2n) is 5.08. The quantitative estimate of drug-likeness (QED) is 0.667.